The molecule has 6 heteroatoms. The first kappa shape index (κ1) is 19.2. The predicted molar refractivity (Wildman–Crippen MR) is 99.0 cm³/mol. The van der Waals surface area contributed by atoms with E-state index in [-0.39, 0.29) is 5.78 Å². The zero-order chi connectivity index (χ0) is 19.1. The fourth-order valence-corrected chi connectivity index (χ4v) is 2.44. The highest BCUT2D eigenvalue weighted by molar-refractivity contribution is 6.09. The number of rotatable bonds is 8. The van der Waals surface area contributed by atoms with Crippen molar-refractivity contribution in [2.75, 3.05) is 35.5 Å². The number of carbonyl (C=O) groups excluding carboxylic acids is 1. The van der Waals surface area contributed by atoms with Gasteiger partial charge in [-0.15, -0.1) is 0 Å². The Kier molecular flexibility index (Phi) is 6.49. The van der Waals surface area contributed by atoms with Crippen molar-refractivity contribution in [2.45, 2.75) is 0 Å². The molecule has 0 aliphatic heterocycles. The van der Waals surface area contributed by atoms with Crippen LogP contribution in [0.15, 0.2) is 36.4 Å². The van der Waals surface area contributed by atoms with E-state index in [1.165, 1.54) is 13.2 Å². The van der Waals surface area contributed by atoms with Crippen LogP contribution >= 0.6 is 0 Å². The molecule has 0 radical (unpaired) electrons. The summed E-state index contributed by atoms with van der Waals surface area (Å²) in [6, 6.07) is 8.50. The zero-order valence-electron chi connectivity index (χ0n) is 15.5. The Hall–Kier alpha value is -3.15. The van der Waals surface area contributed by atoms with Crippen LogP contribution in [0.25, 0.3) is 6.08 Å². The van der Waals surface area contributed by atoms with Gasteiger partial charge in [0.05, 0.1) is 41.1 Å². The van der Waals surface area contributed by atoms with Crippen LogP contribution in [0.1, 0.15) is 15.9 Å². The summed E-state index contributed by atoms with van der Waals surface area (Å²) < 4.78 is 26.4. The van der Waals surface area contributed by atoms with E-state index >= 15 is 0 Å². The van der Waals surface area contributed by atoms with Gasteiger partial charge in [0.1, 0.15) is 17.2 Å². The predicted octanol–water partition coefficient (Wildman–Crippen LogP) is 3.63. The fraction of sp³-hybridized carbons (Fsp3) is 0.250. The number of methoxy groups -OCH3 is 5. The Bertz CT molecular complexity index is 810. The van der Waals surface area contributed by atoms with Gasteiger partial charge >= 0.3 is 0 Å². The average molecular weight is 358 g/mol. The molecule has 26 heavy (non-hydrogen) atoms. The molecule has 0 saturated heterocycles. The molecule has 0 amide bonds. The first-order chi connectivity index (χ1) is 12.6. The van der Waals surface area contributed by atoms with Gasteiger partial charge in [-0.1, -0.05) is 0 Å². The highest BCUT2D eigenvalue weighted by Gasteiger charge is 2.13. The van der Waals surface area contributed by atoms with Crippen LogP contribution in [0.4, 0.5) is 0 Å². The maximum atomic E-state index is 12.6. The molecular weight excluding hydrogens is 336 g/mol. The van der Waals surface area contributed by atoms with Gasteiger partial charge in [0.2, 0.25) is 0 Å². The van der Waals surface area contributed by atoms with Crippen LogP contribution in [0.5, 0.6) is 28.7 Å². The fourth-order valence-electron chi connectivity index (χ4n) is 2.44. The number of ether oxygens (including phenoxy) is 5. The third-order valence-corrected chi connectivity index (χ3v) is 3.82. The van der Waals surface area contributed by atoms with Crippen molar-refractivity contribution in [3.63, 3.8) is 0 Å². The van der Waals surface area contributed by atoms with Crippen molar-refractivity contribution in [3.8, 4) is 28.7 Å². The Morgan fingerprint density at radius 1 is 0.731 bits per heavy atom. The smallest absolute Gasteiger partial charge is 0.189 e. The van der Waals surface area contributed by atoms with Gasteiger partial charge in [0.25, 0.3) is 0 Å². The standard InChI is InChI=1S/C20H22O6/c1-22-14-7-9-17(23-2)15(11-14)16(21)8-6-13-10-19(25-4)20(26-5)12-18(13)24-3/h6-12H,1-5H3/b8-6+. The minimum absolute atomic E-state index is 0.224. The lowest BCUT2D eigenvalue weighted by Gasteiger charge is -2.12. The molecule has 2 aromatic carbocycles. The molecular formula is C20H22O6. The van der Waals surface area contributed by atoms with E-state index in [1.807, 2.05) is 0 Å². The van der Waals surface area contributed by atoms with Gasteiger partial charge in [-0.05, 0) is 36.4 Å². The molecule has 0 atom stereocenters. The minimum atomic E-state index is -0.224. The van der Waals surface area contributed by atoms with E-state index in [2.05, 4.69) is 0 Å². The summed E-state index contributed by atoms with van der Waals surface area (Å²) in [6.45, 7) is 0. The Labute approximate surface area is 152 Å². The van der Waals surface area contributed by atoms with Crippen molar-refractivity contribution in [1.82, 2.24) is 0 Å². The number of ketones is 1. The lowest BCUT2D eigenvalue weighted by atomic mass is 10.1. The summed E-state index contributed by atoms with van der Waals surface area (Å²) in [7, 11) is 7.70. The maximum Gasteiger partial charge on any atom is 0.189 e. The van der Waals surface area contributed by atoms with E-state index in [1.54, 1.807) is 64.8 Å². The van der Waals surface area contributed by atoms with Crippen LogP contribution in [0.2, 0.25) is 0 Å². The Morgan fingerprint density at radius 3 is 1.92 bits per heavy atom. The highest BCUT2D eigenvalue weighted by atomic mass is 16.5. The average Bonchev–Trinajstić information content (AvgIpc) is 2.70. The van der Waals surface area contributed by atoms with Gasteiger partial charge in [0.15, 0.2) is 17.3 Å². The van der Waals surface area contributed by atoms with E-state index in [0.717, 1.165) is 0 Å². The normalized spacial score (nSPS) is 10.5. The summed E-state index contributed by atoms with van der Waals surface area (Å²) in [5.41, 5.74) is 1.09. The second-order valence-corrected chi connectivity index (χ2v) is 5.21. The second kappa shape index (κ2) is 8.80. The molecule has 0 heterocycles. The van der Waals surface area contributed by atoms with Gasteiger partial charge in [-0.2, -0.15) is 0 Å². The van der Waals surface area contributed by atoms with Gasteiger partial charge < -0.3 is 23.7 Å². The topological polar surface area (TPSA) is 63.2 Å². The maximum absolute atomic E-state index is 12.6. The highest BCUT2D eigenvalue weighted by Crippen LogP contribution is 2.35. The van der Waals surface area contributed by atoms with Crippen LogP contribution in [-0.4, -0.2) is 41.3 Å². The van der Waals surface area contributed by atoms with Crippen LogP contribution in [-0.2, 0) is 0 Å². The molecule has 2 aromatic rings. The molecule has 138 valence electrons. The quantitative estimate of drug-likeness (QED) is 0.530. The van der Waals surface area contributed by atoms with Crippen molar-refractivity contribution in [2.24, 2.45) is 0 Å². The third kappa shape index (κ3) is 4.08. The monoisotopic (exact) mass is 358 g/mol. The van der Waals surface area contributed by atoms with E-state index in [9.17, 15) is 4.79 Å². The van der Waals surface area contributed by atoms with E-state index < -0.39 is 0 Å². The van der Waals surface area contributed by atoms with Crippen molar-refractivity contribution >= 4 is 11.9 Å². The lowest BCUT2D eigenvalue weighted by Crippen LogP contribution is -2.00. The first-order valence-corrected chi connectivity index (χ1v) is 7.82. The van der Waals surface area contributed by atoms with Crippen LogP contribution < -0.4 is 23.7 Å². The van der Waals surface area contributed by atoms with Crippen molar-refractivity contribution in [1.29, 1.82) is 0 Å². The first-order valence-electron chi connectivity index (χ1n) is 7.82. The van der Waals surface area contributed by atoms with Gasteiger partial charge in [0, 0.05) is 11.6 Å². The minimum Gasteiger partial charge on any atom is -0.497 e. The molecule has 0 aliphatic rings. The Balaban J connectivity index is 2.39. The number of allylic oxidation sites excluding steroid dienone is 1. The lowest BCUT2D eigenvalue weighted by molar-refractivity contribution is 0.104. The summed E-state index contributed by atoms with van der Waals surface area (Å²) in [5, 5.41) is 0. The molecule has 0 saturated carbocycles. The number of carbonyl (C=O) groups is 1. The summed E-state index contributed by atoms with van der Waals surface area (Å²) in [5.74, 6) is 2.47. The zero-order valence-corrected chi connectivity index (χ0v) is 15.5. The van der Waals surface area contributed by atoms with Gasteiger partial charge in [-0.3, -0.25) is 4.79 Å². The molecule has 0 unspecified atom stereocenters. The second-order valence-electron chi connectivity index (χ2n) is 5.21. The molecule has 0 N–H and O–H groups in total. The molecule has 0 spiro atoms. The van der Waals surface area contributed by atoms with E-state index in [0.29, 0.717) is 39.9 Å². The Morgan fingerprint density at radius 2 is 1.35 bits per heavy atom. The van der Waals surface area contributed by atoms with Gasteiger partial charge in [-0.25, -0.2) is 0 Å². The SMILES string of the molecule is COc1ccc(OC)c(C(=O)/C=C/c2cc(OC)c(OC)cc2OC)c1. The van der Waals surface area contributed by atoms with Crippen LogP contribution in [0, 0.1) is 0 Å². The largest absolute Gasteiger partial charge is 0.497 e. The van der Waals surface area contributed by atoms with Crippen LogP contribution in [0.3, 0.4) is 0 Å². The number of hydrogen-bond acceptors (Lipinski definition) is 6. The summed E-state index contributed by atoms with van der Waals surface area (Å²) in [4.78, 5) is 12.6. The molecule has 6 nitrogen and oxygen atoms in total. The van der Waals surface area contributed by atoms with Crippen molar-refractivity contribution in [3.05, 3.63) is 47.5 Å². The molecule has 0 bridgehead atoms. The molecule has 0 fully saturated rings. The summed E-state index contributed by atoms with van der Waals surface area (Å²) >= 11 is 0. The molecule has 0 aliphatic carbocycles. The number of benzene rings is 2. The molecule has 2 rings (SSSR count). The van der Waals surface area contributed by atoms with Crippen molar-refractivity contribution < 1.29 is 28.5 Å². The molecule has 0 aromatic heterocycles. The van der Waals surface area contributed by atoms with E-state index in [4.69, 9.17) is 23.7 Å². The third-order valence-electron chi connectivity index (χ3n) is 3.82. The summed E-state index contributed by atoms with van der Waals surface area (Å²) in [6.07, 6.45) is 3.10. The number of hydrogen-bond donors (Lipinski definition) is 0.